The summed E-state index contributed by atoms with van der Waals surface area (Å²) >= 11 is 0. The van der Waals surface area contributed by atoms with E-state index in [-0.39, 0.29) is 11.8 Å². The van der Waals surface area contributed by atoms with Crippen LogP contribution in [0.15, 0.2) is 47.4 Å². The van der Waals surface area contributed by atoms with E-state index in [0.717, 1.165) is 5.56 Å². The van der Waals surface area contributed by atoms with Crippen LogP contribution in [0.1, 0.15) is 18.4 Å². The molecule has 0 aromatic heterocycles. The number of ether oxygens (including phenoxy) is 2. The van der Waals surface area contributed by atoms with E-state index in [9.17, 15) is 13.2 Å². The summed E-state index contributed by atoms with van der Waals surface area (Å²) in [7, 11) is -3.53. The molecule has 8 heteroatoms. The number of fused-ring (bicyclic) bond motifs is 1. The SMILES string of the molecule is Cc1ccc(S(=O)(=O)N2CCC(C(=O)Nc3ccc4c(c3)OCCO4)CC2)cc1. The fourth-order valence-corrected chi connectivity index (χ4v) is 5.05. The Labute approximate surface area is 170 Å². The minimum atomic E-state index is -3.53. The van der Waals surface area contributed by atoms with Gasteiger partial charge in [-0.15, -0.1) is 0 Å². The topological polar surface area (TPSA) is 84.9 Å². The Balaban J connectivity index is 1.36. The maximum Gasteiger partial charge on any atom is 0.243 e. The summed E-state index contributed by atoms with van der Waals surface area (Å²) in [5, 5.41) is 2.91. The first kappa shape index (κ1) is 19.7. The van der Waals surface area contributed by atoms with E-state index in [4.69, 9.17) is 9.47 Å². The minimum absolute atomic E-state index is 0.103. The summed E-state index contributed by atoms with van der Waals surface area (Å²) in [5.41, 5.74) is 1.66. The zero-order valence-corrected chi connectivity index (χ0v) is 17.1. The molecule has 2 aromatic carbocycles. The van der Waals surface area contributed by atoms with Gasteiger partial charge in [0.05, 0.1) is 4.90 Å². The van der Waals surface area contributed by atoms with Crippen molar-refractivity contribution in [2.24, 2.45) is 5.92 Å². The fourth-order valence-electron chi connectivity index (χ4n) is 3.58. The number of nitrogens with zero attached hydrogens (tertiary/aromatic N) is 1. The minimum Gasteiger partial charge on any atom is -0.486 e. The molecule has 2 aromatic rings. The third-order valence-corrected chi connectivity index (χ3v) is 7.21. The molecule has 0 unspecified atom stereocenters. The van der Waals surface area contributed by atoms with E-state index in [1.165, 1.54) is 4.31 Å². The number of piperidine rings is 1. The van der Waals surface area contributed by atoms with Crippen LogP contribution in [0, 0.1) is 12.8 Å². The van der Waals surface area contributed by atoms with Crippen molar-refractivity contribution in [1.29, 1.82) is 0 Å². The average molecular weight is 416 g/mol. The van der Waals surface area contributed by atoms with Gasteiger partial charge >= 0.3 is 0 Å². The van der Waals surface area contributed by atoms with Gasteiger partial charge in [0.15, 0.2) is 11.5 Å². The van der Waals surface area contributed by atoms with E-state index in [1.54, 1.807) is 42.5 Å². The van der Waals surface area contributed by atoms with Crippen molar-refractivity contribution < 1.29 is 22.7 Å². The number of benzene rings is 2. The highest BCUT2D eigenvalue weighted by Gasteiger charge is 2.32. The molecule has 2 aliphatic rings. The fraction of sp³-hybridized carbons (Fsp3) is 0.381. The van der Waals surface area contributed by atoms with Crippen LogP contribution < -0.4 is 14.8 Å². The van der Waals surface area contributed by atoms with Crippen molar-refractivity contribution in [2.45, 2.75) is 24.7 Å². The summed E-state index contributed by atoms with van der Waals surface area (Å²) in [6, 6.07) is 12.2. The first-order valence-electron chi connectivity index (χ1n) is 9.71. The Hall–Kier alpha value is -2.58. The van der Waals surface area contributed by atoms with Crippen LogP contribution in [0.2, 0.25) is 0 Å². The molecular formula is C21H24N2O5S. The second-order valence-electron chi connectivity index (χ2n) is 7.34. The number of sulfonamides is 1. The Bertz CT molecular complexity index is 996. The van der Waals surface area contributed by atoms with Gasteiger partial charge in [-0.1, -0.05) is 17.7 Å². The molecule has 0 radical (unpaired) electrons. The number of anilines is 1. The first-order chi connectivity index (χ1) is 13.9. The van der Waals surface area contributed by atoms with Gasteiger partial charge in [-0.3, -0.25) is 4.79 Å². The summed E-state index contributed by atoms with van der Waals surface area (Å²) in [6.45, 7) is 3.58. The van der Waals surface area contributed by atoms with Crippen molar-refractivity contribution in [3.63, 3.8) is 0 Å². The van der Waals surface area contributed by atoms with Crippen molar-refractivity contribution >= 4 is 21.6 Å². The third-order valence-electron chi connectivity index (χ3n) is 5.29. The predicted molar refractivity (Wildman–Crippen MR) is 109 cm³/mol. The lowest BCUT2D eigenvalue weighted by molar-refractivity contribution is -0.120. The van der Waals surface area contributed by atoms with Gasteiger partial charge < -0.3 is 14.8 Å². The molecule has 7 nitrogen and oxygen atoms in total. The van der Waals surface area contributed by atoms with Gasteiger partial charge in [0, 0.05) is 30.8 Å². The van der Waals surface area contributed by atoms with Crippen LogP contribution in [0.25, 0.3) is 0 Å². The molecule has 0 bridgehead atoms. The van der Waals surface area contributed by atoms with Crippen LogP contribution in [0.5, 0.6) is 11.5 Å². The normalized spacial score (nSPS) is 17.7. The van der Waals surface area contributed by atoms with Gasteiger partial charge in [0.1, 0.15) is 13.2 Å². The van der Waals surface area contributed by atoms with E-state index in [2.05, 4.69) is 5.32 Å². The zero-order chi connectivity index (χ0) is 20.4. The first-order valence-corrected chi connectivity index (χ1v) is 11.1. The van der Waals surface area contributed by atoms with Crippen molar-refractivity contribution in [1.82, 2.24) is 4.31 Å². The zero-order valence-electron chi connectivity index (χ0n) is 16.3. The van der Waals surface area contributed by atoms with Gasteiger partial charge in [0.25, 0.3) is 0 Å². The Morgan fingerprint density at radius 3 is 2.34 bits per heavy atom. The molecule has 0 atom stereocenters. The number of hydrogen-bond donors (Lipinski definition) is 1. The summed E-state index contributed by atoms with van der Waals surface area (Å²) in [5.74, 6) is 0.957. The van der Waals surface area contributed by atoms with Crippen LogP contribution in [-0.4, -0.2) is 44.9 Å². The van der Waals surface area contributed by atoms with Gasteiger partial charge in [-0.2, -0.15) is 4.31 Å². The van der Waals surface area contributed by atoms with Gasteiger partial charge in [-0.25, -0.2) is 8.42 Å². The molecule has 29 heavy (non-hydrogen) atoms. The molecule has 0 aliphatic carbocycles. The van der Waals surface area contributed by atoms with Gasteiger partial charge in [0.2, 0.25) is 15.9 Å². The standard InChI is InChI=1S/C21H24N2O5S/c1-15-2-5-18(6-3-15)29(25,26)23-10-8-16(9-11-23)21(24)22-17-4-7-19-20(14-17)28-13-12-27-19/h2-7,14,16H,8-13H2,1H3,(H,22,24). The molecule has 4 rings (SSSR count). The third kappa shape index (κ3) is 4.23. The van der Waals surface area contributed by atoms with Crippen molar-refractivity contribution in [2.75, 3.05) is 31.6 Å². The van der Waals surface area contributed by atoms with Crippen molar-refractivity contribution in [3.05, 3.63) is 48.0 Å². The predicted octanol–water partition coefficient (Wildman–Crippen LogP) is 2.81. The largest absolute Gasteiger partial charge is 0.486 e. The molecule has 2 aliphatic heterocycles. The number of nitrogens with one attached hydrogen (secondary N) is 1. The van der Waals surface area contributed by atoms with Crippen LogP contribution in [0.4, 0.5) is 5.69 Å². The van der Waals surface area contributed by atoms with E-state index >= 15 is 0 Å². The molecule has 1 fully saturated rings. The summed E-state index contributed by atoms with van der Waals surface area (Å²) in [4.78, 5) is 12.9. The molecule has 1 saturated heterocycles. The number of carbonyl (C=O) groups is 1. The number of rotatable bonds is 4. The van der Waals surface area contributed by atoms with E-state index < -0.39 is 10.0 Å². The van der Waals surface area contributed by atoms with Crippen LogP contribution >= 0.6 is 0 Å². The molecule has 2 heterocycles. The average Bonchev–Trinajstić information content (AvgIpc) is 2.74. The Morgan fingerprint density at radius 1 is 1.00 bits per heavy atom. The second kappa shape index (κ2) is 8.04. The molecule has 154 valence electrons. The number of hydrogen-bond acceptors (Lipinski definition) is 5. The monoisotopic (exact) mass is 416 g/mol. The second-order valence-corrected chi connectivity index (χ2v) is 9.28. The van der Waals surface area contributed by atoms with Crippen molar-refractivity contribution in [3.8, 4) is 11.5 Å². The lowest BCUT2D eigenvalue weighted by atomic mass is 9.97. The highest BCUT2D eigenvalue weighted by molar-refractivity contribution is 7.89. The number of aryl methyl sites for hydroxylation is 1. The molecule has 1 N–H and O–H groups in total. The summed E-state index contributed by atoms with van der Waals surface area (Å²) < 4.78 is 38.1. The summed E-state index contributed by atoms with van der Waals surface area (Å²) in [6.07, 6.45) is 0.975. The molecule has 1 amide bonds. The lowest BCUT2D eigenvalue weighted by Gasteiger charge is -2.30. The highest BCUT2D eigenvalue weighted by atomic mass is 32.2. The van der Waals surface area contributed by atoms with Crippen LogP contribution in [0.3, 0.4) is 0 Å². The van der Waals surface area contributed by atoms with Gasteiger partial charge in [-0.05, 0) is 44.0 Å². The number of amides is 1. The molecular weight excluding hydrogens is 392 g/mol. The maximum absolute atomic E-state index is 12.8. The Kier molecular flexibility index (Phi) is 5.47. The molecule has 0 saturated carbocycles. The van der Waals surface area contributed by atoms with E-state index in [1.807, 2.05) is 6.92 Å². The van der Waals surface area contributed by atoms with Crippen LogP contribution in [-0.2, 0) is 14.8 Å². The van der Waals surface area contributed by atoms with E-state index in [0.29, 0.717) is 61.2 Å². The molecule has 0 spiro atoms. The lowest BCUT2D eigenvalue weighted by Crippen LogP contribution is -2.41. The maximum atomic E-state index is 12.8. The number of carbonyl (C=O) groups excluding carboxylic acids is 1. The smallest absolute Gasteiger partial charge is 0.243 e. The Morgan fingerprint density at radius 2 is 1.66 bits per heavy atom. The highest BCUT2D eigenvalue weighted by Crippen LogP contribution is 2.33. The quantitative estimate of drug-likeness (QED) is 0.829.